The minimum Gasteiger partial charge on any atom is -0.481 e. The minimum absolute atomic E-state index is 0.498. The maximum atomic E-state index is 11.8. The molecule has 0 spiro atoms. The van der Waals surface area contributed by atoms with Crippen LogP contribution in [0.1, 0.15) is 149 Å². The van der Waals surface area contributed by atoms with E-state index in [0.29, 0.717) is 0 Å². The van der Waals surface area contributed by atoms with E-state index in [-0.39, 0.29) is 0 Å². The Balaban J connectivity index is 3.68. The van der Waals surface area contributed by atoms with Crippen LogP contribution >= 0.6 is 0 Å². The third-order valence-corrected chi connectivity index (χ3v) is 6.18. The quantitative estimate of drug-likeness (QED) is 0.201. The summed E-state index contributed by atoms with van der Waals surface area (Å²) < 4.78 is 0. The summed E-state index contributed by atoms with van der Waals surface area (Å²) in [6, 6.07) is 0. The van der Waals surface area contributed by atoms with Crippen LogP contribution in [-0.2, 0) is 4.79 Å². The van der Waals surface area contributed by atoms with Crippen molar-refractivity contribution in [2.75, 3.05) is 0 Å². The summed E-state index contributed by atoms with van der Waals surface area (Å²) in [5.41, 5.74) is -0.498. The van der Waals surface area contributed by atoms with E-state index in [0.717, 1.165) is 25.7 Å². The standard InChI is InChI=1S/C25H50O2/c1-4-6-8-10-12-14-15-17-19-21-23-25(3,24(26)27)22-20-18-16-13-11-9-7-5-2/h4-23H2,1-3H3,(H,26,27). The van der Waals surface area contributed by atoms with Crippen molar-refractivity contribution >= 4 is 5.97 Å². The van der Waals surface area contributed by atoms with Gasteiger partial charge in [-0.3, -0.25) is 4.79 Å². The minimum atomic E-state index is -0.582. The van der Waals surface area contributed by atoms with Gasteiger partial charge < -0.3 is 5.11 Å². The van der Waals surface area contributed by atoms with Crippen molar-refractivity contribution in [2.45, 2.75) is 149 Å². The molecule has 1 unspecified atom stereocenters. The summed E-state index contributed by atoms with van der Waals surface area (Å²) in [7, 11) is 0. The first-order valence-corrected chi connectivity index (χ1v) is 12.3. The van der Waals surface area contributed by atoms with Gasteiger partial charge in [-0.15, -0.1) is 0 Å². The molecule has 0 amide bonds. The summed E-state index contributed by atoms with van der Waals surface area (Å²) in [6.45, 7) is 6.49. The highest BCUT2D eigenvalue weighted by Crippen LogP contribution is 2.32. The highest BCUT2D eigenvalue weighted by atomic mass is 16.4. The van der Waals surface area contributed by atoms with Gasteiger partial charge in [-0.1, -0.05) is 129 Å². The molecule has 2 nitrogen and oxygen atoms in total. The van der Waals surface area contributed by atoms with Gasteiger partial charge in [-0.05, 0) is 19.8 Å². The zero-order valence-corrected chi connectivity index (χ0v) is 19.0. The molecule has 0 aliphatic carbocycles. The molecule has 0 bridgehead atoms. The molecule has 0 aromatic rings. The third kappa shape index (κ3) is 16.2. The van der Waals surface area contributed by atoms with E-state index in [2.05, 4.69) is 13.8 Å². The number of rotatable bonds is 21. The molecule has 0 aromatic heterocycles. The maximum Gasteiger partial charge on any atom is 0.309 e. The maximum absolute atomic E-state index is 11.8. The van der Waals surface area contributed by atoms with Crippen LogP contribution < -0.4 is 0 Å². The first-order chi connectivity index (χ1) is 13.1. The Kier molecular flexibility index (Phi) is 18.4. The number of carbonyl (C=O) groups is 1. The number of carboxylic acids is 1. The smallest absolute Gasteiger partial charge is 0.309 e. The number of aliphatic carboxylic acids is 1. The van der Waals surface area contributed by atoms with E-state index < -0.39 is 11.4 Å². The van der Waals surface area contributed by atoms with E-state index in [1.165, 1.54) is 103 Å². The molecule has 0 aliphatic heterocycles. The molecule has 0 aliphatic rings. The molecule has 0 fully saturated rings. The Labute approximate surface area is 170 Å². The van der Waals surface area contributed by atoms with Crippen molar-refractivity contribution in [3.8, 4) is 0 Å². The van der Waals surface area contributed by atoms with Crippen molar-refractivity contribution in [1.82, 2.24) is 0 Å². The fourth-order valence-electron chi connectivity index (χ4n) is 3.99. The Bertz CT molecular complexity index is 326. The Morgan fingerprint density at radius 1 is 0.556 bits per heavy atom. The molecule has 1 atom stereocenters. The third-order valence-electron chi connectivity index (χ3n) is 6.18. The number of unbranched alkanes of at least 4 members (excludes halogenated alkanes) is 16. The van der Waals surface area contributed by atoms with Gasteiger partial charge in [0.1, 0.15) is 0 Å². The van der Waals surface area contributed by atoms with Gasteiger partial charge >= 0.3 is 5.97 Å². The number of hydrogen-bond acceptors (Lipinski definition) is 1. The van der Waals surface area contributed by atoms with Crippen LogP contribution in [0.5, 0.6) is 0 Å². The van der Waals surface area contributed by atoms with E-state index >= 15 is 0 Å². The van der Waals surface area contributed by atoms with Crippen molar-refractivity contribution in [3.63, 3.8) is 0 Å². The normalized spacial score (nSPS) is 13.6. The van der Waals surface area contributed by atoms with Gasteiger partial charge in [0.15, 0.2) is 0 Å². The fourth-order valence-corrected chi connectivity index (χ4v) is 3.99. The molecule has 27 heavy (non-hydrogen) atoms. The summed E-state index contributed by atoms with van der Waals surface area (Å²) in [6.07, 6.45) is 25.1. The van der Waals surface area contributed by atoms with E-state index in [1.807, 2.05) is 6.92 Å². The molecule has 1 N–H and O–H groups in total. The Morgan fingerprint density at radius 2 is 0.815 bits per heavy atom. The van der Waals surface area contributed by atoms with Crippen molar-refractivity contribution in [1.29, 1.82) is 0 Å². The molecule has 0 saturated heterocycles. The van der Waals surface area contributed by atoms with Crippen LogP contribution in [0, 0.1) is 5.41 Å². The van der Waals surface area contributed by atoms with Crippen molar-refractivity contribution in [3.05, 3.63) is 0 Å². The van der Waals surface area contributed by atoms with E-state index in [4.69, 9.17) is 0 Å². The van der Waals surface area contributed by atoms with Gasteiger partial charge in [-0.2, -0.15) is 0 Å². The molecule has 0 heterocycles. The molecule has 0 saturated carbocycles. The number of hydrogen-bond donors (Lipinski definition) is 1. The fraction of sp³-hybridized carbons (Fsp3) is 0.960. The highest BCUT2D eigenvalue weighted by molar-refractivity contribution is 5.74. The lowest BCUT2D eigenvalue weighted by Gasteiger charge is -2.24. The Morgan fingerprint density at radius 3 is 1.07 bits per heavy atom. The highest BCUT2D eigenvalue weighted by Gasteiger charge is 2.31. The second-order valence-corrected chi connectivity index (χ2v) is 9.02. The first kappa shape index (κ1) is 26.5. The summed E-state index contributed by atoms with van der Waals surface area (Å²) in [4.78, 5) is 11.8. The van der Waals surface area contributed by atoms with Crippen LogP contribution in [0.2, 0.25) is 0 Å². The van der Waals surface area contributed by atoms with Crippen LogP contribution in [0.3, 0.4) is 0 Å². The summed E-state index contributed by atoms with van der Waals surface area (Å²) in [5.74, 6) is -0.582. The van der Waals surface area contributed by atoms with Gasteiger partial charge in [-0.25, -0.2) is 0 Å². The monoisotopic (exact) mass is 382 g/mol. The lowest BCUT2D eigenvalue weighted by molar-refractivity contribution is -0.149. The average Bonchev–Trinajstić information content (AvgIpc) is 2.65. The molecular weight excluding hydrogens is 332 g/mol. The van der Waals surface area contributed by atoms with Gasteiger partial charge in [0.05, 0.1) is 5.41 Å². The van der Waals surface area contributed by atoms with Crippen LogP contribution in [0.25, 0.3) is 0 Å². The topological polar surface area (TPSA) is 37.3 Å². The molecular formula is C25H50O2. The largest absolute Gasteiger partial charge is 0.481 e. The summed E-state index contributed by atoms with van der Waals surface area (Å²) in [5, 5.41) is 9.68. The summed E-state index contributed by atoms with van der Waals surface area (Å²) >= 11 is 0. The Hall–Kier alpha value is -0.530. The van der Waals surface area contributed by atoms with Crippen molar-refractivity contribution < 1.29 is 9.90 Å². The molecule has 162 valence electrons. The van der Waals surface area contributed by atoms with Crippen LogP contribution in [0.4, 0.5) is 0 Å². The second kappa shape index (κ2) is 18.8. The second-order valence-electron chi connectivity index (χ2n) is 9.02. The van der Waals surface area contributed by atoms with Gasteiger partial charge in [0.2, 0.25) is 0 Å². The van der Waals surface area contributed by atoms with Crippen LogP contribution in [0.15, 0.2) is 0 Å². The number of carboxylic acid groups (broad SMARTS) is 1. The predicted octanol–water partition coefficient (Wildman–Crippen LogP) is 8.92. The van der Waals surface area contributed by atoms with Crippen LogP contribution in [-0.4, -0.2) is 11.1 Å². The van der Waals surface area contributed by atoms with Gasteiger partial charge in [0, 0.05) is 0 Å². The predicted molar refractivity (Wildman–Crippen MR) is 119 cm³/mol. The molecule has 2 heteroatoms. The zero-order valence-electron chi connectivity index (χ0n) is 19.0. The molecule has 0 rings (SSSR count). The average molecular weight is 383 g/mol. The lowest BCUT2D eigenvalue weighted by atomic mass is 9.80. The molecule has 0 aromatic carbocycles. The lowest BCUT2D eigenvalue weighted by Crippen LogP contribution is -2.27. The van der Waals surface area contributed by atoms with Crippen molar-refractivity contribution in [2.24, 2.45) is 5.41 Å². The van der Waals surface area contributed by atoms with Gasteiger partial charge in [0.25, 0.3) is 0 Å². The van der Waals surface area contributed by atoms with E-state index in [1.54, 1.807) is 0 Å². The zero-order chi connectivity index (χ0) is 20.2. The SMILES string of the molecule is CCCCCCCCCCCCC(C)(CCCCCCCCCC)C(=O)O. The molecule has 0 radical (unpaired) electrons. The first-order valence-electron chi connectivity index (χ1n) is 12.3. The van der Waals surface area contributed by atoms with E-state index in [9.17, 15) is 9.90 Å².